The van der Waals surface area contributed by atoms with Crippen LogP contribution in [0.5, 0.6) is 11.5 Å². The summed E-state index contributed by atoms with van der Waals surface area (Å²) in [5, 5.41) is 15.7. The molecule has 0 radical (unpaired) electrons. The minimum absolute atomic E-state index is 0.174. The number of anilines is 1. The van der Waals surface area contributed by atoms with E-state index in [2.05, 4.69) is 10.3 Å². The van der Waals surface area contributed by atoms with Gasteiger partial charge >= 0.3 is 5.97 Å². The van der Waals surface area contributed by atoms with Crippen molar-refractivity contribution in [2.45, 2.75) is 0 Å². The highest BCUT2D eigenvalue weighted by atomic mass is 32.1. The van der Waals surface area contributed by atoms with Crippen molar-refractivity contribution >= 4 is 28.3 Å². The average molecular weight is 415 g/mol. The van der Waals surface area contributed by atoms with Gasteiger partial charge in [-0.1, -0.05) is 0 Å². The third-order valence-electron chi connectivity index (χ3n) is 3.81. The van der Waals surface area contributed by atoms with Crippen molar-refractivity contribution in [1.29, 1.82) is 0 Å². The molecule has 1 aromatic carbocycles. The van der Waals surface area contributed by atoms with E-state index in [1.165, 1.54) is 35.9 Å². The van der Waals surface area contributed by atoms with Crippen LogP contribution in [0, 0.1) is 5.21 Å². The number of benzene rings is 1. The van der Waals surface area contributed by atoms with Crippen molar-refractivity contribution in [3.63, 3.8) is 0 Å². The number of pyridine rings is 1. The van der Waals surface area contributed by atoms with Crippen LogP contribution in [0.2, 0.25) is 0 Å². The Labute approximate surface area is 170 Å². The molecule has 1 amide bonds. The third kappa shape index (κ3) is 4.99. The average Bonchev–Trinajstić information content (AvgIpc) is 3.20. The van der Waals surface area contributed by atoms with Crippen molar-refractivity contribution in [3.8, 4) is 22.8 Å². The summed E-state index contributed by atoms with van der Waals surface area (Å²) < 4.78 is 16.0. The summed E-state index contributed by atoms with van der Waals surface area (Å²) in [6, 6.07) is 7.95. The number of thiazole rings is 1. The van der Waals surface area contributed by atoms with Gasteiger partial charge in [-0.05, 0) is 12.1 Å². The normalized spacial score (nSPS) is 10.3. The maximum atomic E-state index is 12.0. The van der Waals surface area contributed by atoms with Gasteiger partial charge in [0.1, 0.15) is 11.5 Å². The molecule has 3 aromatic rings. The Bertz CT molecular complexity index is 1020. The minimum Gasteiger partial charge on any atom is -0.619 e. The number of aromatic nitrogens is 2. The van der Waals surface area contributed by atoms with Crippen LogP contribution in [0.4, 0.5) is 5.13 Å². The molecule has 10 heteroatoms. The van der Waals surface area contributed by atoms with Crippen LogP contribution in [-0.2, 0) is 9.53 Å². The molecular weight excluding hydrogens is 398 g/mol. The lowest BCUT2D eigenvalue weighted by atomic mass is 10.1. The van der Waals surface area contributed by atoms with E-state index in [4.69, 9.17) is 14.2 Å². The van der Waals surface area contributed by atoms with Crippen molar-refractivity contribution in [2.24, 2.45) is 0 Å². The van der Waals surface area contributed by atoms with E-state index in [-0.39, 0.29) is 5.56 Å². The van der Waals surface area contributed by atoms with Crippen LogP contribution < -0.4 is 19.5 Å². The molecule has 0 aliphatic heterocycles. The van der Waals surface area contributed by atoms with E-state index in [1.807, 2.05) is 6.07 Å². The van der Waals surface area contributed by atoms with Gasteiger partial charge in [-0.15, -0.1) is 11.3 Å². The zero-order valence-corrected chi connectivity index (χ0v) is 16.4. The van der Waals surface area contributed by atoms with Gasteiger partial charge in [0.15, 0.2) is 24.1 Å². The molecule has 0 saturated carbocycles. The van der Waals surface area contributed by atoms with Gasteiger partial charge < -0.3 is 19.4 Å². The molecule has 1 N–H and O–H groups in total. The fourth-order valence-corrected chi connectivity index (χ4v) is 3.11. The Balaban J connectivity index is 1.60. The van der Waals surface area contributed by atoms with Crippen molar-refractivity contribution in [2.75, 3.05) is 26.1 Å². The molecule has 2 heterocycles. The van der Waals surface area contributed by atoms with Gasteiger partial charge in [-0.25, -0.2) is 9.78 Å². The minimum atomic E-state index is -0.705. The maximum absolute atomic E-state index is 12.0. The summed E-state index contributed by atoms with van der Waals surface area (Å²) in [6.45, 7) is -0.480. The summed E-state index contributed by atoms with van der Waals surface area (Å²) in [5.41, 5.74) is 1.54. The smallest absolute Gasteiger partial charge is 0.339 e. The quantitative estimate of drug-likeness (QED) is 0.358. The molecule has 0 bridgehead atoms. The van der Waals surface area contributed by atoms with Crippen LogP contribution in [0.3, 0.4) is 0 Å². The SMILES string of the molecule is COc1ccc(-c2csc(NC(=O)COC(=O)c3cc[n+]([O-])cc3)n2)c(OC)c1. The first-order valence-electron chi connectivity index (χ1n) is 8.34. The number of rotatable bonds is 7. The van der Waals surface area contributed by atoms with E-state index in [0.29, 0.717) is 27.1 Å². The maximum Gasteiger partial charge on any atom is 0.339 e. The van der Waals surface area contributed by atoms with Crippen LogP contribution in [0.1, 0.15) is 10.4 Å². The zero-order valence-electron chi connectivity index (χ0n) is 15.6. The number of nitrogens with one attached hydrogen (secondary N) is 1. The predicted octanol–water partition coefficient (Wildman–Crippen LogP) is 2.26. The van der Waals surface area contributed by atoms with E-state index >= 15 is 0 Å². The Morgan fingerprint density at radius 3 is 2.62 bits per heavy atom. The predicted molar refractivity (Wildman–Crippen MR) is 105 cm³/mol. The highest BCUT2D eigenvalue weighted by Gasteiger charge is 2.15. The Morgan fingerprint density at radius 1 is 1.17 bits per heavy atom. The first kappa shape index (κ1) is 20.1. The van der Waals surface area contributed by atoms with Crippen LogP contribution in [-0.4, -0.2) is 37.7 Å². The van der Waals surface area contributed by atoms with E-state index in [9.17, 15) is 14.8 Å². The monoisotopic (exact) mass is 415 g/mol. The van der Waals surface area contributed by atoms with Gasteiger partial charge in [-0.3, -0.25) is 10.1 Å². The number of esters is 1. The molecule has 0 aliphatic rings. The van der Waals surface area contributed by atoms with E-state index < -0.39 is 18.5 Å². The summed E-state index contributed by atoms with van der Waals surface area (Å²) in [4.78, 5) is 28.3. The van der Waals surface area contributed by atoms with Gasteiger partial charge in [0.05, 0.1) is 25.5 Å². The molecule has 3 rings (SSSR count). The molecule has 9 nitrogen and oxygen atoms in total. The highest BCUT2D eigenvalue weighted by molar-refractivity contribution is 7.14. The molecule has 0 atom stereocenters. The first-order chi connectivity index (χ1) is 14.0. The molecule has 2 aromatic heterocycles. The molecule has 0 aliphatic carbocycles. The second kappa shape index (κ2) is 9.02. The number of carbonyl (C=O) groups is 2. The molecule has 0 saturated heterocycles. The molecular formula is C19H17N3O6S. The Kier molecular flexibility index (Phi) is 6.25. The summed E-state index contributed by atoms with van der Waals surface area (Å²) in [7, 11) is 3.11. The van der Waals surface area contributed by atoms with Crippen molar-refractivity contribution in [3.05, 3.63) is 58.9 Å². The zero-order chi connectivity index (χ0) is 20.8. The van der Waals surface area contributed by atoms with E-state index in [0.717, 1.165) is 5.56 Å². The highest BCUT2D eigenvalue weighted by Crippen LogP contribution is 2.34. The number of nitrogens with zero attached hydrogens (tertiary/aromatic N) is 2. The van der Waals surface area contributed by atoms with Crippen LogP contribution in [0.15, 0.2) is 48.1 Å². The van der Waals surface area contributed by atoms with Crippen LogP contribution >= 0.6 is 11.3 Å². The van der Waals surface area contributed by atoms with Gasteiger partial charge in [0, 0.05) is 29.1 Å². The van der Waals surface area contributed by atoms with Gasteiger partial charge in [-0.2, -0.15) is 4.73 Å². The van der Waals surface area contributed by atoms with Gasteiger partial charge in [0.25, 0.3) is 5.91 Å². The third-order valence-corrected chi connectivity index (χ3v) is 4.56. The lowest BCUT2D eigenvalue weighted by Crippen LogP contribution is -2.25. The number of carbonyl (C=O) groups excluding carboxylic acids is 2. The molecule has 29 heavy (non-hydrogen) atoms. The lowest BCUT2D eigenvalue weighted by molar-refractivity contribution is -0.605. The van der Waals surface area contributed by atoms with Crippen molar-refractivity contribution in [1.82, 2.24) is 4.98 Å². The largest absolute Gasteiger partial charge is 0.619 e. The Morgan fingerprint density at radius 2 is 1.93 bits per heavy atom. The lowest BCUT2D eigenvalue weighted by Gasteiger charge is -2.08. The first-order valence-corrected chi connectivity index (χ1v) is 9.22. The standard InChI is InChI=1S/C19H17N3O6S/c1-26-13-3-4-14(16(9-13)27-2)15-11-29-19(20-15)21-17(23)10-28-18(24)12-5-7-22(25)8-6-12/h3-9,11H,10H2,1-2H3,(H,20,21,23). The van der Waals surface area contributed by atoms with Gasteiger partial charge in [0.2, 0.25) is 0 Å². The number of hydrogen-bond donors (Lipinski definition) is 1. The molecule has 150 valence electrons. The topological polar surface area (TPSA) is 114 Å². The number of methoxy groups -OCH3 is 2. The summed E-state index contributed by atoms with van der Waals surface area (Å²) in [6.07, 6.45) is 2.34. The van der Waals surface area contributed by atoms with E-state index in [1.54, 1.807) is 31.7 Å². The number of amides is 1. The number of ether oxygens (including phenoxy) is 3. The van der Waals surface area contributed by atoms with Crippen molar-refractivity contribution < 1.29 is 28.5 Å². The fourth-order valence-electron chi connectivity index (χ4n) is 2.38. The second-order valence-electron chi connectivity index (χ2n) is 5.68. The fraction of sp³-hybridized carbons (Fsp3) is 0.158. The molecule has 0 spiro atoms. The summed E-state index contributed by atoms with van der Waals surface area (Å²) in [5.74, 6) is 0.00249. The van der Waals surface area contributed by atoms with Crippen LogP contribution in [0.25, 0.3) is 11.3 Å². The summed E-state index contributed by atoms with van der Waals surface area (Å²) >= 11 is 1.23. The second-order valence-corrected chi connectivity index (χ2v) is 6.53. The molecule has 0 unspecified atom stereocenters. The number of hydrogen-bond acceptors (Lipinski definition) is 8. The molecule has 0 fully saturated rings. The Hall–Kier alpha value is -3.66.